The average Bonchev–Trinajstić information content (AvgIpc) is 3.12. The van der Waals surface area contributed by atoms with E-state index in [0.717, 1.165) is 12.8 Å². The molecule has 0 heterocycles. The van der Waals surface area contributed by atoms with Crippen molar-refractivity contribution in [3.05, 3.63) is 35.6 Å². The van der Waals surface area contributed by atoms with Crippen LogP contribution in [0.25, 0.3) is 0 Å². The maximum absolute atomic E-state index is 13.0. The molecule has 0 bridgehead atoms. The van der Waals surface area contributed by atoms with Gasteiger partial charge in [-0.3, -0.25) is 4.90 Å². The van der Waals surface area contributed by atoms with Crippen LogP contribution in [0.15, 0.2) is 24.3 Å². The molecule has 2 nitrogen and oxygen atoms in total. The predicted molar refractivity (Wildman–Crippen MR) is 68.6 cm³/mol. The summed E-state index contributed by atoms with van der Waals surface area (Å²) < 4.78 is 51.2. The highest BCUT2D eigenvalue weighted by molar-refractivity contribution is 5.22. The van der Waals surface area contributed by atoms with Crippen LogP contribution in [0.2, 0.25) is 0 Å². The number of benzene rings is 1. The number of halogens is 4. The summed E-state index contributed by atoms with van der Waals surface area (Å²) in [6.45, 7) is 0.695. The largest absolute Gasteiger partial charge is 0.401 e. The third kappa shape index (κ3) is 3.93. The van der Waals surface area contributed by atoms with E-state index in [2.05, 4.69) is 0 Å². The van der Waals surface area contributed by atoms with E-state index in [-0.39, 0.29) is 6.04 Å². The molecule has 1 aliphatic rings. The molecule has 2 N–H and O–H groups in total. The predicted octanol–water partition coefficient (Wildman–Crippen LogP) is 3.24. The van der Waals surface area contributed by atoms with Gasteiger partial charge in [0.15, 0.2) is 0 Å². The number of nitrogens with two attached hydrogens (primary N) is 1. The van der Waals surface area contributed by atoms with Gasteiger partial charge in [-0.05, 0) is 37.5 Å². The third-order valence-electron chi connectivity index (χ3n) is 3.44. The SMILES string of the molecule is CC(N)C(c1ccc(F)cc1)N(CC(F)(F)F)C1CC1. The van der Waals surface area contributed by atoms with Gasteiger partial charge < -0.3 is 5.73 Å². The zero-order valence-electron chi connectivity index (χ0n) is 11.2. The van der Waals surface area contributed by atoms with Crippen LogP contribution in [0.4, 0.5) is 17.6 Å². The molecule has 1 aromatic rings. The lowest BCUT2D eigenvalue weighted by Crippen LogP contribution is -2.45. The van der Waals surface area contributed by atoms with Crippen LogP contribution < -0.4 is 5.73 Å². The van der Waals surface area contributed by atoms with E-state index < -0.39 is 30.6 Å². The normalized spacial score (nSPS) is 19.1. The van der Waals surface area contributed by atoms with E-state index in [1.807, 2.05) is 0 Å². The summed E-state index contributed by atoms with van der Waals surface area (Å²) in [4.78, 5) is 1.40. The first-order chi connectivity index (χ1) is 9.28. The Hall–Kier alpha value is -1.14. The highest BCUT2D eigenvalue weighted by Gasteiger charge is 2.42. The van der Waals surface area contributed by atoms with Crippen molar-refractivity contribution in [3.8, 4) is 0 Å². The van der Waals surface area contributed by atoms with Gasteiger partial charge in [0, 0.05) is 12.1 Å². The molecule has 0 radical (unpaired) electrons. The van der Waals surface area contributed by atoms with Gasteiger partial charge in [-0.2, -0.15) is 13.2 Å². The lowest BCUT2D eigenvalue weighted by Gasteiger charge is -2.35. The van der Waals surface area contributed by atoms with Crippen molar-refractivity contribution in [3.63, 3.8) is 0 Å². The Morgan fingerprint density at radius 1 is 1.25 bits per heavy atom. The standard InChI is InChI=1S/C14H18F4N2/c1-9(19)13(10-2-4-11(15)5-3-10)20(12-6-7-12)8-14(16,17)18/h2-5,9,12-13H,6-8,19H2,1H3. The summed E-state index contributed by atoms with van der Waals surface area (Å²) in [5.74, 6) is -0.411. The topological polar surface area (TPSA) is 29.3 Å². The fraction of sp³-hybridized carbons (Fsp3) is 0.571. The molecule has 2 unspecified atom stereocenters. The first kappa shape index (κ1) is 15.3. The Labute approximate surface area is 115 Å². The Kier molecular flexibility index (Phi) is 4.34. The number of alkyl halides is 3. The Morgan fingerprint density at radius 2 is 1.80 bits per heavy atom. The number of nitrogens with zero attached hydrogens (tertiary/aromatic N) is 1. The molecule has 112 valence electrons. The summed E-state index contributed by atoms with van der Waals surface area (Å²) in [5, 5.41) is 0. The maximum Gasteiger partial charge on any atom is 0.401 e. The molecule has 0 amide bonds. The highest BCUT2D eigenvalue weighted by Crippen LogP contribution is 2.38. The molecular formula is C14H18F4N2. The second-order valence-electron chi connectivity index (χ2n) is 5.37. The Bertz CT molecular complexity index is 437. The molecule has 20 heavy (non-hydrogen) atoms. The van der Waals surface area contributed by atoms with Gasteiger partial charge in [-0.25, -0.2) is 4.39 Å². The summed E-state index contributed by atoms with van der Waals surface area (Å²) in [5.41, 5.74) is 6.51. The van der Waals surface area contributed by atoms with Gasteiger partial charge in [0.05, 0.1) is 12.6 Å². The van der Waals surface area contributed by atoms with Crippen molar-refractivity contribution < 1.29 is 17.6 Å². The third-order valence-corrected chi connectivity index (χ3v) is 3.44. The molecule has 0 aromatic heterocycles. The molecule has 1 fully saturated rings. The molecule has 0 saturated heterocycles. The van der Waals surface area contributed by atoms with E-state index in [4.69, 9.17) is 5.73 Å². The Morgan fingerprint density at radius 3 is 2.20 bits per heavy atom. The summed E-state index contributed by atoms with van der Waals surface area (Å²) in [6.07, 6.45) is -2.77. The van der Waals surface area contributed by atoms with E-state index in [1.54, 1.807) is 6.92 Å². The molecule has 1 aromatic carbocycles. The van der Waals surface area contributed by atoms with Crippen molar-refractivity contribution in [2.45, 2.75) is 44.1 Å². The number of rotatable bonds is 5. The zero-order valence-corrected chi connectivity index (χ0v) is 11.2. The van der Waals surface area contributed by atoms with Crippen LogP contribution in [0.3, 0.4) is 0 Å². The van der Waals surface area contributed by atoms with E-state index >= 15 is 0 Å². The quantitative estimate of drug-likeness (QED) is 0.844. The maximum atomic E-state index is 13.0. The van der Waals surface area contributed by atoms with Crippen LogP contribution in [0.1, 0.15) is 31.4 Å². The monoisotopic (exact) mass is 290 g/mol. The molecule has 6 heteroatoms. The van der Waals surface area contributed by atoms with Crippen molar-refractivity contribution in [1.82, 2.24) is 4.90 Å². The van der Waals surface area contributed by atoms with Gasteiger partial charge in [0.1, 0.15) is 5.82 Å². The van der Waals surface area contributed by atoms with Crippen molar-refractivity contribution in [1.29, 1.82) is 0 Å². The summed E-state index contributed by atoms with van der Waals surface area (Å²) in [7, 11) is 0. The van der Waals surface area contributed by atoms with Gasteiger partial charge in [-0.15, -0.1) is 0 Å². The van der Waals surface area contributed by atoms with Crippen LogP contribution >= 0.6 is 0 Å². The van der Waals surface area contributed by atoms with Crippen molar-refractivity contribution in [2.24, 2.45) is 5.73 Å². The second kappa shape index (κ2) is 5.69. The highest BCUT2D eigenvalue weighted by atomic mass is 19.4. The fourth-order valence-electron chi connectivity index (χ4n) is 2.52. The van der Waals surface area contributed by atoms with Crippen LogP contribution in [-0.4, -0.2) is 29.7 Å². The lowest BCUT2D eigenvalue weighted by atomic mass is 9.98. The minimum atomic E-state index is -4.27. The van der Waals surface area contributed by atoms with Crippen LogP contribution in [-0.2, 0) is 0 Å². The molecule has 0 aliphatic heterocycles. The van der Waals surface area contributed by atoms with E-state index in [1.165, 1.54) is 29.2 Å². The summed E-state index contributed by atoms with van der Waals surface area (Å²) >= 11 is 0. The fourth-order valence-corrected chi connectivity index (χ4v) is 2.52. The smallest absolute Gasteiger partial charge is 0.326 e. The molecule has 2 rings (SSSR count). The zero-order chi connectivity index (χ0) is 14.9. The van der Waals surface area contributed by atoms with Gasteiger partial charge >= 0.3 is 6.18 Å². The Balaban J connectivity index is 2.27. The first-order valence-corrected chi connectivity index (χ1v) is 6.61. The van der Waals surface area contributed by atoms with Gasteiger partial charge in [0.2, 0.25) is 0 Å². The van der Waals surface area contributed by atoms with Crippen LogP contribution in [0, 0.1) is 5.82 Å². The molecule has 0 spiro atoms. The molecule has 1 aliphatic carbocycles. The van der Waals surface area contributed by atoms with Gasteiger partial charge in [0.25, 0.3) is 0 Å². The number of hydrogen-bond donors (Lipinski definition) is 1. The minimum absolute atomic E-state index is 0.0855. The van der Waals surface area contributed by atoms with E-state index in [0.29, 0.717) is 5.56 Å². The van der Waals surface area contributed by atoms with Gasteiger partial charge in [-0.1, -0.05) is 12.1 Å². The number of hydrogen-bond acceptors (Lipinski definition) is 2. The summed E-state index contributed by atoms with van der Waals surface area (Å²) in [6, 6.07) is 4.42. The van der Waals surface area contributed by atoms with Crippen molar-refractivity contribution in [2.75, 3.05) is 6.54 Å². The molecule has 2 atom stereocenters. The van der Waals surface area contributed by atoms with E-state index in [9.17, 15) is 17.6 Å². The van der Waals surface area contributed by atoms with Crippen molar-refractivity contribution >= 4 is 0 Å². The van der Waals surface area contributed by atoms with Crippen LogP contribution in [0.5, 0.6) is 0 Å². The molecule has 1 saturated carbocycles. The average molecular weight is 290 g/mol. The second-order valence-corrected chi connectivity index (χ2v) is 5.37. The minimum Gasteiger partial charge on any atom is -0.326 e. The lowest BCUT2D eigenvalue weighted by molar-refractivity contribution is -0.153. The first-order valence-electron chi connectivity index (χ1n) is 6.61. The molecular weight excluding hydrogens is 272 g/mol.